The van der Waals surface area contributed by atoms with E-state index >= 15 is 0 Å². The van der Waals surface area contributed by atoms with Gasteiger partial charge in [-0.25, -0.2) is 0 Å². The average molecular weight is 330 g/mol. The minimum Gasteiger partial charge on any atom is -0.389 e. The Balaban J connectivity index is 1.58. The van der Waals surface area contributed by atoms with Crippen LogP contribution in [0.25, 0.3) is 0 Å². The Kier molecular flexibility index (Phi) is 7.54. The fourth-order valence-electron chi connectivity index (χ4n) is 2.86. The summed E-state index contributed by atoms with van der Waals surface area (Å²) in [5.41, 5.74) is 0. The highest BCUT2D eigenvalue weighted by atomic mass is 32.2. The highest BCUT2D eigenvalue weighted by Gasteiger charge is 2.30. The van der Waals surface area contributed by atoms with Gasteiger partial charge in [-0.2, -0.15) is 11.8 Å². The second-order valence-electron chi connectivity index (χ2n) is 5.83. The SMILES string of the molecule is CSC1(CNCC(O)COCc2cccs2)CCCCC1. The van der Waals surface area contributed by atoms with Crippen molar-refractivity contribution in [1.29, 1.82) is 0 Å². The third-order valence-corrected chi connectivity index (χ3v) is 6.43. The van der Waals surface area contributed by atoms with E-state index in [2.05, 4.69) is 17.6 Å². The summed E-state index contributed by atoms with van der Waals surface area (Å²) in [6, 6.07) is 4.08. The average Bonchev–Trinajstić information content (AvgIpc) is 3.01. The van der Waals surface area contributed by atoms with Crippen molar-refractivity contribution in [3.05, 3.63) is 22.4 Å². The van der Waals surface area contributed by atoms with Crippen molar-refractivity contribution >= 4 is 23.1 Å². The highest BCUT2D eigenvalue weighted by Crippen LogP contribution is 2.37. The van der Waals surface area contributed by atoms with Crippen molar-refractivity contribution in [3.8, 4) is 0 Å². The summed E-state index contributed by atoms with van der Waals surface area (Å²) >= 11 is 3.68. The number of hydrogen-bond acceptors (Lipinski definition) is 5. The third-order valence-electron chi connectivity index (χ3n) is 4.16. The van der Waals surface area contributed by atoms with Crippen molar-refractivity contribution in [2.45, 2.75) is 49.6 Å². The fourth-order valence-corrected chi connectivity index (χ4v) is 4.45. The van der Waals surface area contributed by atoms with E-state index in [-0.39, 0.29) is 0 Å². The molecule has 0 saturated heterocycles. The Bertz CT molecular complexity index is 378. The number of rotatable bonds is 9. The standard InChI is InChI=1S/C16H27NO2S2/c1-20-16(7-3-2-4-8-16)13-17-10-14(18)11-19-12-15-6-5-9-21-15/h5-6,9,14,17-18H,2-4,7-8,10-13H2,1H3. The van der Waals surface area contributed by atoms with Gasteiger partial charge in [-0.1, -0.05) is 25.3 Å². The first kappa shape index (κ1) is 17.3. The molecule has 3 nitrogen and oxygen atoms in total. The van der Waals surface area contributed by atoms with Gasteiger partial charge in [-0.05, 0) is 30.5 Å². The molecule has 21 heavy (non-hydrogen) atoms. The third kappa shape index (κ3) is 5.91. The molecule has 5 heteroatoms. The van der Waals surface area contributed by atoms with Crippen LogP contribution in [-0.2, 0) is 11.3 Å². The first-order valence-corrected chi connectivity index (χ1v) is 9.89. The monoisotopic (exact) mass is 329 g/mol. The van der Waals surface area contributed by atoms with Gasteiger partial charge in [0.25, 0.3) is 0 Å². The van der Waals surface area contributed by atoms with Gasteiger partial charge in [0.2, 0.25) is 0 Å². The lowest BCUT2D eigenvalue weighted by Crippen LogP contribution is -2.42. The van der Waals surface area contributed by atoms with Crippen molar-refractivity contribution < 1.29 is 9.84 Å². The number of aliphatic hydroxyl groups is 1. The van der Waals surface area contributed by atoms with Gasteiger partial charge in [-0.3, -0.25) is 0 Å². The predicted octanol–water partition coefficient (Wildman–Crippen LogP) is 3.28. The number of aliphatic hydroxyl groups excluding tert-OH is 1. The molecule has 1 heterocycles. The van der Waals surface area contributed by atoms with Crippen LogP contribution in [0.5, 0.6) is 0 Å². The molecule has 0 amide bonds. The lowest BCUT2D eigenvalue weighted by molar-refractivity contribution is 0.0295. The Morgan fingerprint density at radius 2 is 2.24 bits per heavy atom. The molecule has 0 radical (unpaired) electrons. The molecule has 1 aliphatic carbocycles. The minimum absolute atomic E-state index is 0.385. The molecule has 1 atom stereocenters. The maximum absolute atomic E-state index is 9.97. The Labute approximate surface area is 136 Å². The molecule has 1 saturated carbocycles. The van der Waals surface area contributed by atoms with Crippen LogP contribution in [0.4, 0.5) is 0 Å². The molecule has 0 bridgehead atoms. The topological polar surface area (TPSA) is 41.5 Å². The smallest absolute Gasteiger partial charge is 0.0897 e. The molecule has 1 aromatic heterocycles. The van der Waals surface area contributed by atoms with E-state index in [1.165, 1.54) is 37.0 Å². The number of nitrogens with one attached hydrogen (secondary N) is 1. The summed E-state index contributed by atoms with van der Waals surface area (Å²) in [6.07, 6.45) is 8.45. The first-order valence-electron chi connectivity index (χ1n) is 7.78. The highest BCUT2D eigenvalue weighted by molar-refractivity contribution is 8.00. The van der Waals surface area contributed by atoms with Crippen LogP contribution in [0.1, 0.15) is 37.0 Å². The lowest BCUT2D eigenvalue weighted by Gasteiger charge is -2.36. The van der Waals surface area contributed by atoms with E-state index in [0.29, 0.717) is 24.5 Å². The Morgan fingerprint density at radius 1 is 1.43 bits per heavy atom. The molecule has 0 spiro atoms. The number of hydrogen-bond donors (Lipinski definition) is 2. The summed E-state index contributed by atoms with van der Waals surface area (Å²) in [5, 5.41) is 15.5. The zero-order valence-electron chi connectivity index (χ0n) is 12.8. The molecule has 0 aromatic carbocycles. The second-order valence-corrected chi connectivity index (χ2v) is 8.13. The molecule has 1 unspecified atom stereocenters. The summed E-state index contributed by atoms with van der Waals surface area (Å²) < 4.78 is 5.93. The van der Waals surface area contributed by atoms with Gasteiger partial charge in [-0.15, -0.1) is 11.3 Å². The summed E-state index contributed by atoms with van der Waals surface area (Å²) in [6.45, 7) is 2.61. The predicted molar refractivity (Wildman–Crippen MR) is 92.2 cm³/mol. The van der Waals surface area contributed by atoms with Crippen LogP contribution < -0.4 is 5.32 Å². The molecule has 1 aromatic rings. The van der Waals surface area contributed by atoms with Crippen LogP contribution in [0.3, 0.4) is 0 Å². The molecular weight excluding hydrogens is 302 g/mol. The van der Waals surface area contributed by atoms with Gasteiger partial charge in [0.15, 0.2) is 0 Å². The van der Waals surface area contributed by atoms with E-state index in [4.69, 9.17) is 4.74 Å². The van der Waals surface area contributed by atoms with Crippen molar-refractivity contribution in [2.24, 2.45) is 0 Å². The first-order chi connectivity index (χ1) is 10.2. The summed E-state index contributed by atoms with van der Waals surface area (Å²) in [4.78, 5) is 1.21. The molecule has 1 fully saturated rings. The van der Waals surface area contributed by atoms with Gasteiger partial charge in [0.05, 0.1) is 19.3 Å². The number of thioether (sulfide) groups is 1. The van der Waals surface area contributed by atoms with Crippen LogP contribution >= 0.6 is 23.1 Å². The molecular formula is C16H27NO2S2. The summed E-state index contributed by atoms with van der Waals surface area (Å²) in [7, 11) is 0. The zero-order chi connectivity index (χ0) is 15.0. The van der Waals surface area contributed by atoms with Crippen molar-refractivity contribution in [2.75, 3.05) is 26.0 Å². The van der Waals surface area contributed by atoms with E-state index in [0.717, 1.165) is 6.54 Å². The Morgan fingerprint density at radius 3 is 2.90 bits per heavy atom. The molecule has 2 N–H and O–H groups in total. The molecule has 120 valence electrons. The molecule has 1 aliphatic rings. The van der Waals surface area contributed by atoms with E-state index in [1.54, 1.807) is 11.3 Å². The normalized spacial score (nSPS) is 19.5. The van der Waals surface area contributed by atoms with Crippen molar-refractivity contribution in [1.82, 2.24) is 5.32 Å². The van der Waals surface area contributed by atoms with Crippen LogP contribution in [0.2, 0.25) is 0 Å². The van der Waals surface area contributed by atoms with Gasteiger partial charge >= 0.3 is 0 Å². The Hall–Kier alpha value is -0.0700. The minimum atomic E-state index is -0.424. The fraction of sp³-hybridized carbons (Fsp3) is 0.750. The van der Waals surface area contributed by atoms with Gasteiger partial charge < -0.3 is 15.2 Å². The quantitative estimate of drug-likeness (QED) is 0.729. The largest absolute Gasteiger partial charge is 0.389 e. The van der Waals surface area contributed by atoms with Crippen LogP contribution in [0.15, 0.2) is 17.5 Å². The van der Waals surface area contributed by atoms with Gasteiger partial charge in [0, 0.05) is 22.7 Å². The lowest BCUT2D eigenvalue weighted by atomic mass is 9.88. The zero-order valence-corrected chi connectivity index (χ0v) is 14.5. The summed E-state index contributed by atoms with van der Waals surface area (Å²) in [5.74, 6) is 0. The van der Waals surface area contributed by atoms with E-state index in [1.807, 2.05) is 23.2 Å². The van der Waals surface area contributed by atoms with Crippen molar-refractivity contribution in [3.63, 3.8) is 0 Å². The van der Waals surface area contributed by atoms with E-state index < -0.39 is 6.10 Å². The maximum atomic E-state index is 9.97. The molecule has 2 rings (SSSR count). The van der Waals surface area contributed by atoms with Crippen LogP contribution in [-0.4, -0.2) is 41.9 Å². The number of ether oxygens (including phenoxy) is 1. The molecule has 0 aliphatic heterocycles. The number of thiophene rings is 1. The van der Waals surface area contributed by atoms with Gasteiger partial charge in [0.1, 0.15) is 0 Å². The van der Waals surface area contributed by atoms with Crippen LogP contribution in [0, 0.1) is 0 Å². The second kappa shape index (κ2) is 9.16. The maximum Gasteiger partial charge on any atom is 0.0897 e. The van der Waals surface area contributed by atoms with E-state index in [9.17, 15) is 5.11 Å².